The van der Waals surface area contributed by atoms with Crippen LogP contribution in [0.4, 0.5) is 0 Å². The maximum atomic E-state index is 12.7. The van der Waals surface area contributed by atoms with Crippen LogP contribution in [0.1, 0.15) is 46.3 Å². The van der Waals surface area contributed by atoms with Gasteiger partial charge in [0.2, 0.25) is 10.0 Å². The predicted molar refractivity (Wildman–Crippen MR) is 106 cm³/mol. The summed E-state index contributed by atoms with van der Waals surface area (Å²) in [6, 6.07) is 12.4. The van der Waals surface area contributed by atoms with Crippen molar-refractivity contribution in [2.24, 2.45) is 0 Å². The van der Waals surface area contributed by atoms with Crippen LogP contribution in [0.25, 0.3) is 0 Å². The molecule has 27 heavy (non-hydrogen) atoms. The molecule has 1 saturated heterocycles. The van der Waals surface area contributed by atoms with Crippen LogP contribution in [-0.2, 0) is 16.6 Å². The highest BCUT2D eigenvalue weighted by Gasteiger charge is 2.25. The average molecular weight is 387 g/mol. The lowest BCUT2D eigenvalue weighted by Gasteiger charge is -2.25. The molecular weight excluding hydrogens is 360 g/mol. The van der Waals surface area contributed by atoms with Crippen molar-refractivity contribution in [2.75, 3.05) is 13.1 Å². The monoisotopic (exact) mass is 386 g/mol. The molecule has 2 aromatic carbocycles. The van der Waals surface area contributed by atoms with Crippen LogP contribution in [0.15, 0.2) is 47.4 Å². The first-order valence-corrected chi connectivity index (χ1v) is 10.8. The summed E-state index contributed by atoms with van der Waals surface area (Å²) < 4.78 is 26.9. The molecule has 0 unspecified atom stereocenters. The number of carbonyl (C=O) groups excluding carboxylic acids is 1. The lowest BCUT2D eigenvalue weighted by molar-refractivity contribution is 0.0950. The number of nitrogens with one attached hydrogen (secondary N) is 1. The van der Waals surface area contributed by atoms with E-state index in [0.29, 0.717) is 30.1 Å². The molecule has 1 fully saturated rings. The Kier molecular flexibility index (Phi) is 5.97. The van der Waals surface area contributed by atoms with Gasteiger partial charge in [0, 0.05) is 25.2 Å². The number of piperidine rings is 1. The van der Waals surface area contributed by atoms with Crippen molar-refractivity contribution in [1.82, 2.24) is 9.62 Å². The molecule has 1 aliphatic heterocycles. The van der Waals surface area contributed by atoms with Crippen LogP contribution in [0, 0.1) is 13.8 Å². The molecule has 0 aliphatic carbocycles. The van der Waals surface area contributed by atoms with Gasteiger partial charge in [-0.1, -0.05) is 30.7 Å². The number of benzene rings is 2. The maximum absolute atomic E-state index is 12.7. The Bertz CT molecular complexity index is 915. The van der Waals surface area contributed by atoms with Gasteiger partial charge in [-0.2, -0.15) is 4.31 Å². The molecule has 1 N–H and O–H groups in total. The topological polar surface area (TPSA) is 66.5 Å². The van der Waals surface area contributed by atoms with Gasteiger partial charge in [-0.25, -0.2) is 8.42 Å². The Morgan fingerprint density at radius 3 is 2.33 bits per heavy atom. The third kappa shape index (κ3) is 4.39. The largest absolute Gasteiger partial charge is 0.348 e. The second-order valence-corrected chi connectivity index (χ2v) is 8.98. The van der Waals surface area contributed by atoms with E-state index in [1.54, 1.807) is 28.6 Å². The zero-order valence-electron chi connectivity index (χ0n) is 15.9. The summed E-state index contributed by atoms with van der Waals surface area (Å²) in [5.74, 6) is -0.124. The van der Waals surface area contributed by atoms with E-state index in [1.807, 2.05) is 32.0 Å². The van der Waals surface area contributed by atoms with E-state index >= 15 is 0 Å². The molecule has 0 atom stereocenters. The highest BCUT2D eigenvalue weighted by atomic mass is 32.2. The standard InChI is InChI=1S/C21H26N2O3S/c1-16-7-6-8-20(17(16)2)21(24)22-15-18-9-11-19(12-10-18)27(25,26)23-13-4-3-5-14-23/h6-12H,3-5,13-15H2,1-2H3,(H,22,24). The van der Waals surface area contributed by atoms with Crippen molar-refractivity contribution in [2.45, 2.75) is 44.6 Å². The molecule has 5 nitrogen and oxygen atoms in total. The van der Waals surface area contributed by atoms with Crippen molar-refractivity contribution < 1.29 is 13.2 Å². The molecule has 0 saturated carbocycles. The minimum atomic E-state index is -3.42. The molecule has 0 aromatic heterocycles. The summed E-state index contributed by atoms with van der Waals surface area (Å²) in [4.78, 5) is 12.7. The summed E-state index contributed by atoms with van der Waals surface area (Å²) in [5.41, 5.74) is 3.58. The highest BCUT2D eigenvalue weighted by molar-refractivity contribution is 7.89. The first-order chi connectivity index (χ1) is 12.9. The average Bonchev–Trinajstić information content (AvgIpc) is 2.69. The first-order valence-electron chi connectivity index (χ1n) is 9.33. The van der Waals surface area contributed by atoms with Gasteiger partial charge in [-0.15, -0.1) is 0 Å². The van der Waals surface area contributed by atoms with Crippen molar-refractivity contribution in [1.29, 1.82) is 0 Å². The third-order valence-electron chi connectivity index (χ3n) is 5.18. The quantitative estimate of drug-likeness (QED) is 0.856. The number of amides is 1. The van der Waals surface area contributed by atoms with Gasteiger partial charge in [0.15, 0.2) is 0 Å². The summed E-state index contributed by atoms with van der Waals surface area (Å²) in [7, 11) is -3.42. The highest BCUT2D eigenvalue weighted by Crippen LogP contribution is 2.21. The Morgan fingerprint density at radius 2 is 1.67 bits per heavy atom. The SMILES string of the molecule is Cc1cccc(C(=O)NCc2ccc(S(=O)(=O)N3CCCCC3)cc2)c1C. The number of rotatable bonds is 5. The third-order valence-corrected chi connectivity index (χ3v) is 7.09. The minimum Gasteiger partial charge on any atom is -0.348 e. The predicted octanol–water partition coefficient (Wildman–Crippen LogP) is 3.41. The fourth-order valence-electron chi connectivity index (χ4n) is 3.31. The van der Waals surface area contributed by atoms with Crippen molar-refractivity contribution in [3.63, 3.8) is 0 Å². The molecule has 144 valence electrons. The molecule has 0 radical (unpaired) electrons. The van der Waals surface area contributed by atoms with Gasteiger partial charge >= 0.3 is 0 Å². The molecular formula is C21H26N2O3S. The van der Waals surface area contributed by atoms with Gasteiger partial charge < -0.3 is 5.32 Å². The Morgan fingerprint density at radius 1 is 1.00 bits per heavy atom. The lowest BCUT2D eigenvalue weighted by atomic mass is 10.0. The zero-order chi connectivity index (χ0) is 19.4. The van der Waals surface area contributed by atoms with Crippen LogP contribution >= 0.6 is 0 Å². The van der Waals surface area contributed by atoms with Gasteiger partial charge in [-0.3, -0.25) is 4.79 Å². The van der Waals surface area contributed by atoms with Gasteiger partial charge in [0.25, 0.3) is 5.91 Å². The van der Waals surface area contributed by atoms with E-state index in [-0.39, 0.29) is 5.91 Å². The number of carbonyl (C=O) groups is 1. The van der Waals surface area contributed by atoms with Crippen molar-refractivity contribution >= 4 is 15.9 Å². The Labute approximate surface area is 161 Å². The minimum absolute atomic E-state index is 0.124. The smallest absolute Gasteiger partial charge is 0.251 e. The van der Waals surface area contributed by atoms with E-state index in [2.05, 4.69) is 5.32 Å². The lowest BCUT2D eigenvalue weighted by Crippen LogP contribution is -2.35. The first kappa shape index (κ1) is 19.6. The summed E-state index contributed by atoms with van der Waals surface area (Å²) in [5, 5.41) is 2.91. The van der Waals surface area contributed by atoms with Gasteiger partial charge in [-0.05, 0) is 61.6 Å². The van der Waals surface area contributed by atoms with E-state index < -0.39 is 10.0 Å². The molecule has 1 aliphatic rings. The Balaban J connectivity index is 1.65. The van der Waals surface area contributed by atoms with Crippen LogP contribution < -0.4 is 5.32 Å². The molecule has 2 aromatic rings. The second kappa shape index (κ2) is 8.23. The van der Waals surface area contributed by atoms with Crippen LogP contribution in [0.2, 0.25) is 0 Å². The number of sulfonamides is 1. The maximum Gasteiger partial charge on any atom is 0.251 e. The van der Waals surface area contributed by atoms with Crippen LogP contribution in [-0.4, -0.2) is 31.7 Å². The number of hydrogen-bond donors (Lipinski definition) is 1. The Hall–Kier alpha value is -2.18. The number of aryl methyl sites for hydroxylation is 1. The van der Waals surface area contributed by atoms with E-state index in [1.165, 1.54) is 0 Å². The van der Waals surface area contributed by atoms with E-state index in [0.717, 1.165) is 36.0 Å². The fourth-order valence-corrected chi connectivity index (χ4v) is 4.83. The van der Waals surface area contributed by atoms with Crippen LogP contribution in [0.5, 0.6) is 0 Å². The molecule has 6 heteroatoms. The van der Waals surface area contributed by atoms with Crippen LogP contribution in [0.3, 0.4) is 0 Å². The summed E-state index contributed by atoms with van der Waals surface area (Å²) in [6.45, 7) is 5.46. The zero-order valence-corrected chi connectivity index (χ0v) is 16.7. The van der Waals surface area contributed by atoms with Crippen molar-refractivity contribution in [3.8, 4) is 0 Å². The molecule has 3 rings (SSSR count). The fraction of sp³-hybridized carbons (Fsp3) is 0.381. The normalized spacial score (nSPS) is 15.5. The summed E-state index contributed by atoms with van der Waals surface area (Å²) in [6.07, 6.45) is 2.93. The number of nitrogens with zero attached hydrogens (tertiary/aromatic N) is 1. The molecule has 0 spiro atoms. The molecule has 1 amide bonds. The second-order valence-electron chi connectivity index (χ2n) is 7.04. The summed E-state index contributed by atoms with van der Waals surface area (Å²) >= 11 is 0. The van der Waals surface area contributed by atoms with E-state index in [4.69, 9.17) is 0 Å². The molecule has 0 bridgehead atoms. The number of hydrogen-bond acceptors (Lipinski definition) is 3. The molecule has 1 heterocycles. The van der Waals surface area contributed by atoms with E-state index in [9.17, 15) is 13.2 Å². The van der Waals surface area contributed by atoms with Gasteiger partial charge in [0.1, 0.15) is 0 Å². The van der Waals surface area contributed by atoms with Gasteiger partial charge in [0.05, 0.1) is 4.90 Å². The van der Waals surface area contributed by atoms with Crippen molar-refractivity contribution in [3.05, 3.63) is 64.7 Å².